The Morgan fingerprint density at radius 1 is 1.00 bits per heavy atom. The van der Waals surface area contributed by atoms with Gasteiger partial charge in [-0.25, -0.2) is 14.6 Å². The van der Waals surface area contributed by atoms with Crippen LogP contribution in [0.3, 0.4) is 0 Å². The topological polar surface area (TPSA) is 192 Å². The van der Waals surface area contributed by atoms with Gasteiger partial charge in [0, 0.05) is 41.8 Å². The first kappa shape index (κ1) is 23.1. The number of hydrogen-bond donors (Lipinski definition) is 5. The molecule has 0 aliphatic heterocycles. The number of fused-ring (bicyclic) bond motifs is 1. The molecule has 4 atom stereocenters. The van der Waals surface area contributed by atoms with Crippen molar-refractivity contribution in [1.82, 2.24) is 15.0 Å². The van der Waals surface area contributed by atoms with E-state index >= 15 is 0 Å². The van der Waals surface area contributed by atoms with E-state index < -0.39 is 42.1 Å². The second kappa shape index (κ2) is 10.2. The average molecular weight is 442 g/mol. The van der Waals surface area contributed by atoms with Gasteiger partial charge < -0.3 is 36.6 Å². The molecule has 3 rings (SSSR count). The third-order valence-electron chi connectivity index (χ3n) is 5.00. The number of benzene rings is 1. The maximum atomic E-state index is 12.4. The van der Waals surface area contributed by atoms with Crippen molar-refractivity contribution >= 4 is 28.8 Å². The lowest BCUT2D eigenvalue weighted by Crippen LogP contribution is -2.48. The Hall–Kier alpha value is -3.54. The van der Waals surface area contributed by atoms with Crippen molar-refractivity contribution in [1.29, 1.82) is 0 Å². The number of nitrogens with zero attached hydrogens (tertiary/aromatic N) is 1. The Kier molecular flexibility index (Phi) is 7.36. The maximum absolute atomic E-state index is 12.4. The molecular weight excluding hydrogens is 416 g/mol. The molecule has 0 bridgehead atoms. The van der Waals surface area contributed by atoms with Crippen LogP contribution in [-0.2, 0) is 36.7 Å². The van der Waals surface area contributed by atoms with Crippen molar-refractivity contribution < 1.29 is 23.9 Å². The van der Waals surface area contributed by atoms with Crippen molar-refractivity contribution in [2.75, 3.05) is 0 Å². The van der Waals surface area contributed by atoms with Gasteiger partial charge in [-0.15, -0.1) is 0 Å². The summed E-state index contributed by atoms with van der Waals surface area (Å²) in [6.07, 6.45) is 3.99. The van der Waals surface area contributed by atoms with Crippen LogP contribution in [-0.4, -0.2) is 57.1 Å². The van der Waals surface area contributed by atoms with Crippen LogP contribution in [0.15, 0.2) is 43.0 Å². The van der Waals surface area contributed by atoms with Crippen LogP contribution in [0.4, 0.5) is 0 Å². The van der Waals surface area contributed by atoms with Crippen molar-refractivity contribution in [2.45, 2.75) is 44.0 Å². The molecule has 0 aliphatic carbocycles. The normalized spacial score (nSPS) is 15.0. The Labute approximate surface area is 183 Å². The van der Waals surface area contributed by atoms with E-state index in [1.165, 1.54) is 19.4 Å². The summed E-state index contributed by atoms with van der Waals surface area (Å²) in [4.78, 5) is 46.3. The number of carbonyl (C=O) groups is 3. The summed E-state index contributed by atoms with van der Waals surface area (Å²) in [6.45, 7) is 1.41. The molecule has 0 aliphatic rings. The molecule has 170 valence electrons. The predicted octanol–water partition coefficient (Wildman–Crippen LogP) is -0.340. The van der Waals surface area contributed by atoms with E-state index in [-0.39, 0.29) is 12.8 Å². The first-order valence-electron chi connectivity index (χ1n) is 10.0. The zero-order valence-electron chi connectivity index (χ0n) is 17.5. The summed E-state index contributed by atoms with van der Waals surface area (Å²) in [5, 5.41) is 0.953. The Balaban J connectivity index is 1.49. The highest BCUT2D eigenvalue weighted by Gasteiger charge is 2.30. The number of para-hydroxylation sites is 1. The average Bonchev–Trinajstić information content (AvgIpc) is 3.43. The number of ether oxygens (including phenoxy) is 2. The van der Waals surface area contributed by atoms with Crippen LogP contribution >= 0.6 is 0 Å². The molecule has 0 amide bonds. The van der Waals surface area contributed by atoms with Crippen LogP contribution < -0.4 is 17.2 Å². The van der Waals surface area contributed by atoms with Crippen molar-refractivity contribution in [2.24, 2.45) is 17.2 Å². The van der Waals surface area contributed by atoms with Crippen LogP contribution in [0.2, 0.25) is 0 Å². The smallest absolute Gasteiger partial charge is 0.334 e. The fraction of sp³-hybridized carbons (Fsp3) is 0.333. The Morgan fingerprint density at radius 2 is 1.72 bits per heavy atom. The van der Waals surface area contributed by atoms with Crippen LogP contribution in [0.5, 0.6) is 0 Å². The number of aromatic amines is 2. The van der Waals surface area contributed by atoms with E-state index in [0.717, 1.165) is 16.5 Å². The number of nitrogens with two attached hydrogens (primary N) is 3. The SMILES string of the molecule is C[C@@H](OC(=O)[C@@H](N)Cc1c[nH]c2ccccc12)[C@H](N)C(=O)OC(=O)[C@@H](N)Cc1cnc[nH]1. The predicted molar refractivity (Wildman–Crippen MR) is 115 cm³/mol. The Bertz CT molecular complexity index is 1080. The van der Waals surface area contributed by atoms with Crippen LogP contribution in [0.25, 0.3) is 10.9 Å². The summed E-state index contributed by atoms with van der Waals surface area (Å²) in [7, 11) is 0. The van der Waals surface area contributed by atoms with Crippen LogP contribution in [0, 0.1) is 0 Å². The summed E-state index contributed by atoms with van der Waals surface area (Å²) >= 11 is 0. The van der Waals surface area contributed by atoms with E-state index in [1.807, 2.05) is 24.3 Å². The molecule has 1 aromatic carbocycles. The highest BCUT2D eigenvalue weighted by atomic mass is 16.6. The molecule has 0 radical (unpaired) electrons. The molecular formula is C21H26N6O5. The summed E-state index contributed by atoms with van der Waals surface area (Å²) in [6, 6.07) is 4.17. The lowest BCUT2D eigenvalue weighted by molar-refractivity contribution is -0.165. The monoisotopic (exact) mass is 442 g/mol. The number of carbonyl (C=O) groups excluding carboxylic acids is 3. The van der Waals surface area contributed by atoms with Crippen LogP contribution in [0.1, 0.15) is 18.2 Å². The van der Waals surface area contributed by atoms with Gasteiger partial charge in [0.15, 0.2) is 0 Å². The highest BCUT2D eigenvalue weighted by molar-refractivity contribution is 5.91. The summed E-state index contributed by atoms with van der Waals surface area (Å²) < 4.78 is 9.96. The van der Waals surface area contributed by atoms with Gasteiger partial charge >= 0.3 is 17.9 Å². The molecule has 0 spiro atoms. The molecule has 0 fully saturated rings. The number of nitrogens with one attached hydrogen (secondary N) is 2. The standard InChI is InChI=1S/C21H26N6O5/c1-11(18(24)21(30)32-20(29)16(23)7-13-9-25-10-27-13)31-19(28)15(22)6-12-8-26-17-5-3-2-4-14(12)17/h2-5,8-11,15-16,18,26H,6-7,22-24H2,1H3,(H,25,27)/t11-,15+,16+,18+/m1/s1. The minimum Gasteiger partial charge on any atom is -0.459 e. The zero-order valence-corrected chi connectivity index (χ0v) is 17.5. The van der Waals surface area contributed by atoms with Gasteiger partial charge in [0.05, 0.1) is 6.33 Å². The van der Waals surface area contributed by atoms with E-state index in [9.17, 15) is 14.4 Å². The molecule has 2 aromatic heterocycles. The minimum atomic E-state index is -1.39. The third-order valence-corrected chi connectivity index (χ3v) is 5.00. The number of H-pyrrole nitrogens is 2. The van der Waals surface area contributed by atoms with Gasteiger partial charge in [-0.1, -0.05) is 18.2 Å². The van der Waals surface area contributed by atoms with E-state index in [4.69, 9.17) is 26.7 Å². The third kappa shape index (κ3) is 5.58. The lowest BCUT2D eigenvalue weighted by Gasteiger charge is -2.21. The molecule has 11 nitrogen and oxygen atoms in total. The second-order valence-electron chi connectivity index (χ2n) is 7.47. The fourth-order valence-electron chi connectivity index (χ4n) is 3.12. The van der Waals surface area contributed by atoms with Gasteiger partial charge in [0.1, 0.15) is 24.2 Å². The molecule has 0 saturated heterocycles. The van der Waals surface area contributed by atoms with Gasteiger partial charge in [0.2, 0.25) is 0 Å². The molecule has 2 heterocycles. The maximum Gasteiger partial charge on any atom is 0.334 e. The van der Waals surface area contributed by atoms with E-state index in [0.29, 0.717) is 5.69 Å². The molecule has 3 aromatic rings. The van der Waals surface area contributed by atoms with Gasteiger partial charge in [-0.3, -0.25) is 4.79 Å². The molecule has 32 heavy (non-hydrogen) atoms. The highest BCUT2D eigenvalue weighted by Crippen LogP contribution is 2.19. The number of esters is 3. The first-order valence-corrected chi connectivity index (χ1v) is 10.0. The zero-order chi connectivity index (χ0) is 23.3. The molecule has 11 heteroatoms. The van der Waals surface area contributed by atoms with Gasteiger partial charge in [0.25, 0.3) is 0 Å². The van der Waals surface area contributed by atoms with Crippen molar-refractivity contribution in [3.05, 3.63) is 54.2 Å². The van der Waals surface area contributed by atoms with E-state index in [2.05, 4.69) is 15.0 Å². The number of aromatic nitrogens is 3. The number of rotatable bonds is 9. The molecule has 0 saturated carbocycles. The molecule has 8 N–H and O–H groups in total. The second-order valence-corrected chi connectivity index (χ2v) is 7.47. The number of imidazole rings is 1. The minimum absolute atomic E-state index is 0.106. The quantitative estimate of drug-likeness (QED) is 0.218. The van der Waals surface area contributed by atoms with Gasteiger partial charge in [-0.2, -0.15) is 0 Å². The Morgan fingerprint density at radius 3 is 2.44 bits per heavy atom. The van der Waals surface area contributed by atoms with Crippen molar-refractivity contribution in [3.63, 3.8) is 0 Å². The van der Waals surface area contributed by atoms with Crippen molar-refractivity contribution in [3.8, 4) is 0 Å². The summed E-state index contributed by atoms with van der Waals surface area (Å²) in [5.41, 5.74) is 19.9. The van der Waals surface area contributed by atoms with E-state index in [1.54, 1.807) is 6.20 Å². The number of hydrogen-bond acceptors (Lipinski definition) is 9. The first-order chi connectivity index (χ1) is 15.3. The fourth-order valence-corrected chi connectivity index (χ4v) is 3.12. The molecule has 0 unspecified atom stereocenters. The lowest BCUT2D eigenvalue weighted by atomic mass is 10.1. The summed E-state index contributed by atoms with van der Waals surface area (Å²) in [5.74, 6) is -2.73. The van der Waals surface area contributed by atoms with Gasteiger partial charge in [-0.05, 0) is 18.6 Å². The largest absolute Gasteiger partial charge is 0.459 e.